The lowest BCUT2D eigenvalue weighted by Crippen LogP contribution is -2.30. The molecular formula is C26H21ClN2O4S2. The first-order valence-electron chi connectivity index (χ1n) is 11.1. The molecule has 6 nitrogen and oxygen atoms in total. The van der Waals surface area contributed by atoms with Crippen molar-refractivity contribution in [3.63, 3.8) is 0 Å². The molecule has 0 fully saturated rings. The molecule has 1 N–H and O–H groups in total. The molecule has 3 heterocycles. The van der Waals surface area contributed by atoms with E-state index < -0.39 is 17.7 Å². The third-order valence-electron chi connectivity index (χ3n) is 5.68. The number of Topliss-reactive ketones (excluding diaryl/α,β-unsaturated/α-hetero) is 1. The molecular weight excluding hydrogens is 504 g/mol. The number of thiophene rings is 1. The number of fused-ring (bicyclic) bond motifs is 1. The smallest absolute Gasteiger partial charge is 0.296 e. The predicted octanol–water partition coefficient (Wildman–Crippen LogP) is 6.97. The van der Waals surface area contributed by atoms with Gasteiger partial charge in [0.05, 0.1) is 33.3 Å². The molecule has 1 aliphatic rings. The van der Waals surface area contributed by atoms with Gasteiger partial charge >= 0.3 is 0 Å². The van der Waals surface area contributed by atoms with Crippen molar-refractivity contribution in [2.45, 2.75) is 25.8 Å². The lowest BCUT2D eigenvalue weighted by molar-refractivity contribution is -0.117. The van der Waals surface area contributed by atoms with E-state index in [0.29, 0.717) is 38.5 Å². The molecule has 1 atom stereocenters. The van der Waals surface area contributed by atoms with Gasteiger partial charge in [0.2, 0.25) is 5.78 Å². The Labute approximate surface area is 215 Å². The van der Waals surface area contributed by atoms with E-state index in [1.807, 2.05) is 24.3 Å². The van der Waals surface area contributed by atoms with E-state index in [-0.39, 0.29) is 11.4 Å². The number of ether oxygens (including phenoxy) is 1. The fourth-order valence-corrected chi connectivity index (χ4v) is 5.93. The van der Waals surface area contributed by atoms with E-state index in [2.05, 4.69) is 11.9 Å². The summed E-state index contributed by atoms with van der Waals surface area (Å²) >= 11 is 8.69. The SMILES string of the molecule is CCCCOc1cccc(C2C(C(=O)c3cccs3)=C(O)C(=O)N2c2nc3ccc(Cl)cc3s2)c1. The Hall–Kier alpha value is -3.20. The number of thiazole rings is 1. The molecule has 0 bridgehead atoms. The van der Waals surface area contributed by atoms with Crippen molar-refractivity contribution in [1.29, 1.82) is 0 Å². The molecule has 1 aliphatic heterocycles. The summed E-state index contributed by atoms with van der Waals surface area (Å²) < 4.78 is 6.68. The van der Waals surface area contributed by atoms with Crippen LogP contribution in [-0.4, -0.2) is 28.4 Å². The molecule has 178 valence electrons. The van der Waals surface area contributed by atoms with Gasteiger partial charge in [-0.05, 0) is 53.8 Å². The number of unbranched alkanes of at least 4 members (excludes halogenated alkanes) is 1. The van der Waals surface area contributed by atoms with Crippen LogP contribution in [0.15, 0.2) is 71.3 Å². The zero-order chi connectivity index (χ0) is 24.5. The molecule has 0 saturated carbocycles. The van der Waals surface area contributed by atoms with Gasteiger partial charge in [-0.15, -0.1) is 11.3 Å². The first kappa shape index (κ1) is 23.5. The van der Waals surface area contributed by atoms with Crippen LogP contribution < -0.4 is 9.64 Å². The van der Waals surface area contributed by atoms with Crippen molar-refractivity contribution in [2.75, 3.05) is 11.5 Å². The number of ketones is 1. The predicted molar refractivity (Wildman–Crippen MR) is 140 cm³/mol. The van der Waals surface area contributed by atoms with Crippen LogP contribution >= 0.6 is 34.3 Å². The second-order valence-corrected chi connectivity index (χ2v) is 10.4. The second kappa shape index (κ2) is 9.81. The van der Waals surface area contributed by atoms with Gasteiger partial charge in [0, 0.05) is 5.02 Å². The number of carbonyl (C=O) groups is 2. The molecule has 35 heavy (non-hydrogen) atoms. The number of benzene rings is 2. The van der Waals surface area contributed by atoms with Crippen LogP contribution in [0.2, 0.25) is 5.02 Å². The number of hydrogen-bond donors (Lipinski definition) is 1. The van der Waals surface area contributed by atoms with Crippen molar-refractivity contribution in [3.8, 4) is 5.75 Å². The largest absolute Gasteiger partial charge is 0.503 e. The standard InChI is InChI=1S/C26H21ClN2O4S2/c1-2-3-11-33-17-7-4-6-15(13-17)22-21(23(30)19-8-5-12-34-19)24(31)25(32)29(22)26-28-18-10-9-16(27)14-20(18)35-26/h4-10,12-14,22,31H,2-3,11H2,1H3. The van der Waals surface area contributed by atoms with Crippen LogP contribution in [0.1, 0.15) is 41.0 Å². The zero-order valence-electron chi connectivity index (χ0n) is 18.7. The molecule has 0 aliphatic carbocycles. The number of halogens is 1. The number of amides is 1. The van der Waals surface area contributed by atoms with Crippen molar-refractivity contribution in [3.05, 3.63) is 86.8 Å². The minimum Gasteiger partial charge on any atom is -0.503 e. The molecule has 0 saturated heterocycles. The van der Waals surface area contributed by atoms with Crippen LogP contribution in [0.25, 0.3) is 10.2 Å². The summed E-state index contributed by atoms with van der Waals surface area (Å²) in [5, 5.41) is 13.7. The third kappa shape index (κ3) is 4.45. The molecule has 2 aromatic heterocycles. The van der Waals surface area contributed by atoms with E-state index in [4.69, 9.17) is 16.3 Å². The number of aliphatic hydroxyl groups is 1. The fourth-order valence-electron chi connectivity index (χ4n) is 3.99. The van der Waals surface area contributed by atoms with Gasteiger partial charge in [0.25, 0.3) is 5.91 Å². The van der Waals surface area contributed by atoms with Gasteiger partial charge in [0.15, 0.2) is 10.9 Å². The van der Waals surface area contributed by atoms with Crippen molar-refractivity contribution in [1.82, 2.24) is 4.98 Å². The van der Waals surface area contributed by atoms with E-state index in [1.165, 1.54) is 27.6 Å². The summed E-state index contributed by atoms with van der Waals surface area (Å²) in [5.41, 5.74) is 1.35. The Morgan fingerprint density at radius 3 is 2.83 bits per heavy atom. The van der Waals surface area contributed by atoms with Crippen LogP contribution in [0.5, 0.6) is 5.75 Å². The number of carbonyl (C=O) groups excluding carboxylic acids is 2. The molecule has 1 unspecified atom stereocenters. The molecule has 4 aromatic rings. The molecule has 9 heteroatoms. The highest BCUT2D eigenvalue weighted by atomic mass is 35.5. The summed E-state index contributed by atoms with van der Waals surface area (Å²) in [4.78, 5) is 33.3. The minimum atomic E-state index is -0.858. The Balaban J connectivity index is 1.63. The number of aromatic nitrogens is 1. The molecule has 0 spiro atoms. The van der Waals surface area contributed by atoms with Crippen LogP contribution in [-0.2, 0) is 4.79 Å². The quantitative estimate of drug-likeness (QED) is 0.199. The number of anilines is 1. The first-order valence-corrected chi connectivity index (χ1v) is 13.2. The average Bonchev–Trinajstić information content (AvgIpc) is 3.58. The van der Waals surface area contributed by atoms with Gasteiger partial charge in [-0.1, -0.05) is 54.5 Å². The maximum Gasteiger partial charge on any atom is 0.296 e. The van der Waals surface area contributed by atoms with E-state index in [1.54, 1.807) is 35.7 Å². The number of rotatable bonds is 8. The summed E-state index contributed by atoms with van der Waals surface area (Å²) in [6.45, 7) is 2.65. The third-order valence-corrected chi connectivity index (χ3v) is 7.80. The molecule has 1 amide bonds. The summed E-state index contributed by atoms with van der Waals surface area (Å²) in [6.07, 6.45) is 1.91. The van der Waals surface area contributed by atoms with Crippen LogP contribution in [0.3, 0.4) is 0 Å². The topological polar surface area (TPSA) is 79.7 Å². The normalized spacial score (nSPS) is 15.9. The van der Waals surface area contributed by atoms with Crippen molar-refractivity contribution < 1.29 is 19.4 Å². The maximum absolute atomic E-state index is 13.5. The summed E-state index contributed by atoms with van der Waals surface area (Å²) in [7, 11) is 0. The summed E-state index contributed by atoms with van der Waals surface area (Å²) in [6, 6.07) is 15.2. The van der Waals surface area contributed by atoms with E-state index in [9.17, 15) is 14.7 Å². The lowest BCUT2D eigenvalue weighted by Gasteiger charge is -2.24. The Morgan fingerprint density at radius 2 is 2.06 bits per heavy atom. The van der Waals surface area contributed by atoms with Crippen LogP contribution in [0, 0.1) is 0 Å². The lowest BCUT2D eigenvalue weighted by atomic mass is 9.95. The Morgan fingerprint density at radius 1 is 1.20 bits per heavy atom. The highest BCUT2D eigenvalue weighted by Gasteiger charge is 2.46. The maximum atomic E-state index is 13.5. The van der Waals surface area contributed by atoms with Crippen molar-refractivity contribution in [2.24, 2.45) is 0 Å². The average molecular weight is 525 g/mol. The second-order valence-electron chi connectivity index (χ2n) is 8.03. The first-order chi connectivity index (χ1) is 17.0. The minimum absolute atomic E-state index is 0.0282. The number of aliphatic hydroxyl groups excluding tert-OH is 1. The van der Waals surface area contributed by atoms with Gasteiger partial charge in [0.1, 0.15) is 5.75 Å². The highest BCUT2D eigenvalue weighted by molar-refractivity contribution is 7.22. The number of nitrogens with zero attached hydrogens (tertiary/aromatic N) is 2. The van der Waals surface area contributed by atoms with Crippen LogP contribution in [0.4, 0.5) is 5.13 Å². The number of hydrogen-bond acceptors (Lipinski definition) is 7. The van der Waals surface area contributed by atoms with Gasteiger partial charge in [-0.2, -0.15) is 0 Å². The monoisotopic (exact) mass is 524 g/mol. The van der Waals surface area contributed by atoms with E-state index in [0.717, 1.165) is 17.5 Å². The zero-order valence-corrected chi connectivity index (χ0v) is 21.1. The summed E-state index contributed by atoms with van der Waals surface area (Å²) in [5.74, 6) is -0.992. The molecule has 0 radical (unpaired) electrons. The van der Waals surface area contributed by atoms with E-state index >= 15 is 0 Å². The van der Waals surface area contributed by atoms with Crippen molar-refractivity contribution >= 4 is 61.3 Å². The Bertz CT molecular complexity index is 1440. The molecule has 2 aromatic carbocycles. The van der Waals surface area contributed by atoms with Gasteiger partial charge in [-0.3, -0.25) is 14.5 Å². The highest BCUT2D eigenvalue weighted by Crippen LogP contribution is 2.45. The van der Waals surface area contributed by atoms with Gasteiger partial charge < -0.3 is 9.84 Å². The Kier molecular flexibility index (Phi) is 6.60. The van der Waals surface area contributed by atoms with Gasteiger partial charge in [-0.25, -0.2) is 4.98 Å². The fraction of sp³-hybridized carbons (Fsp3) is 0.192. The molecule has 5 rings (SSSR count).